The van der Waals surface area contributed by atoms with E-state index in [0.717, 1.165) is 42.1 Å². The molecule has 0 unspecified atom stereocenters. The van der Waals surface area contributed by atoms with Gasteiger partial charge in [-0.05, 0) is 67.1 Å². The van der Waals surface area contributed by atoms with Crippen LogP contribution in [0.5, 0.6) is 17.2 Å². The Balaban J connectivity index is 0.852. The first-order valence-corrected chi connectivity index (χ1v) is 22.7. The normalized spacial score (nSPS) is 16.1. The lowest BCUT2D eigenvalue weighted by Crippen LogP contribution is -2.58. The first-order chi connectivity index (χ1) is 30.5. The van der Waals surface area contributed by atoms with Gasteiger partial charge in [-0.25, -0.2) is 9.37 Å². The molecular formula is C47H59FN6O8S. The van der Waals surface area contributed by atoms with E-state index in [-0.39, 0.29) is 67.1 Å². The second-order valence-electron chi connectivity index (χ2n) is 16.7. The third kappa shape index (κ3) is 11.9. The highest BCUT2D eigenvalue weighted by molar-refractivity contribution is 7.09. The van der Waals surface area contributed by atoms with Crippen molar-refractivity contribution in [1.82, 2.24) is 25.0 Å². The molecule has 338 valence electrons. The summed E-state index contributed by atoms with van der Waals surface area (Å²) in [5.41, 5.74) is 3.39. The van der Waals surface area contributed by atoms with Crippen LogP contribution in [0.15, 0.2) is 60.0 Å². The molecule has 2 saturated heterocycles. The average molecular weight is 887 g/mol. The minimum Gasteiger partial charge on any atom is -0.506 e. The summed E-state index contributed by atoms with van der Waals surface area (Å²) in [6.45, 7) is 10.0. The highest BCUT2D eigenvalue weighted by Gasteiger charge is 2.41. The van der Waals surface area contributed by atoms with Crippen molar-refractivity contribution in [2.45, 2.75) is 70.6 Å². The maximum absolute atomic E-state index is 15.8. The summed E-state index contributed by atoms with van der Waals surface area (Å²) in [5.74, 6) is 0.770. The Morgan fingerprint density at radius 3 is 2.65 bits per heavy atom. The highest BCUT2D eigenvalue weighted by Crippen LogP contribution is 2.39. The number of likely N-dealkylation sites (tertiary alicyclic amines) is 1. The third-order valence-electron chi connectivity index (χ3n) is 11.9. The Bertz CT molecular complexity index is 2210. The molecule has 0 bridgehead atoms. The lowest BCUT2D eigenvalue weighted by molar-refractivity contribution is -0.133. The van der Waals surface area contributed by atoms with Crippen LogP contribution in [-0.4, -0.2) is 127 Å². The number of rotatable bonds is 19. The largest absolute Gasteiger partial charge is 0.506 e. The smallest absolute Gasteiger partial charge is 0.273 e. The molecule has 4 aromatic rings. The zero-order chi connectivity index (χ0) is 44.3. The summed E-state index contributed by atoms with van der Waals surface area (Å²) in [4.78, 5) is 49.2. The van der Waals surface area contributed by atoms with Crippen LogP contribution in [0, 0.1) is 5.82 Å². The van der Waals surface area contributed by atoms with Gasteiger partial charge in [0.1, 0.15) is 28.7 Å². The number of anilines is 1. The number of phenols is 1. The van der Waals surface area contributed by atoms with E-state index in [1.165, 1.54) is 17.4 Å². The first-order valence-electron chi connectivity index (χ1n) is 21.8. The number of fused-ring (bicyclic) bond motifs is 1. The van der Waals surface area contributed by atoms with Gasteiger partial charge >= 0.3 is 0 Å². The van der Waals surface area contributed by atoms with Crippen molar-refractivity contribution in [1.29, 1.82) is 0 Å². The van der Waals surface area contributed by atoms with Gasteiger partial charge in [-0.3, -0.25) is 19.3 Å². The van der Waals surface area contributed by atoms with Gasteiger partial charge < -0.3 is 44.5 Å². The molecule has 7 rings (SSSR count). The Kier molecular flexibility index (Phi) is 15.7. The number of piperidine rings is 1. The number of carbonyl (C=O) groups excluding carboxylic acids is 3. The van der Waals surface area contributed by atoms with Gasteiger partial charge in [0, 0.05) is 62.7 Å². The van der Waals surface area contributed by atoms with E-state index >= 15 is 4.39 Å². The predicted molar refractivity (Wildman–Crippen MR) is 238 cm³/mol. The Morgan fingerprint density at radius 2 is 1.86 bits per heavy atom. The van der Waals surface area contributed by atoms with Crippen LogP contribution in [0.25, 0.3) is 0 Å². The van der Waals surface area contributed by atoms with Gasteiger partial charge in [0.2, 0.25) is 5.91 Å². The summed E-state index contributed by atoms with van der Waals surface area (Å²) < 4.78 is 39.1. The second-order valence-corrected chi connectivity index (χ2v) is 17.6. The average Bonchev–Trinajstić information content (AvgIpc) is 3.79. The highest BCUT2D eigenvalue weighted by atomic mass is 32.1. The van der Waals surface area contributed by atoms with E-state index in [9.17, 15) is 19.5 Å². The van der Waals surface area contributed by atoms with Crippen molar-refractivity contribution < 1.29 is 42.8 Å². The van der Waals surface area contributed by atoms with Crippen LogP contribution in [-0.2, 0) is 45.0 Å². The fourth-order valence-corrected chi connectivity index (χ4v) is 9.11. The number of aromatic nitrogens is 1. The van der Waals surface area contributed by atoms with Gasteiger partial charge in [0.05, 0.1) is 50.5 Å². The third-order valence-corrected chi connectivity index (χ3v) is 13.0. The molecule has 63 heavy (non-hydrogen) atoms. The summed E-state index contributed by atoms with van der Waals surface area (Å²) in [7, 11) is 1.61. The first kappa shape index (κ1) is 45.9. The molecule has 1 aromatic heterocycles. The van der Waals surface area contributed by atoms with E-state index in [4.69, 9.17) is 18.9 Å². The zero-order valence-electron chi connectivity index (χ0n) is 36.5. The molecule has 2 fully saturated rings. The van der Waals surface area contributed by atoms with Crippen LogP contribution in [0.4, 0.5) is 10.1 Å². The minimum atomic E-state index is -0.405. The van der Waals surface area contributed by atoms with E-state index in [0.29, 0.717) is 93.6 Å². The molecule has 3 aromatic carbocycles. The van der Waals surface area contributed by atoms with E-state index in [2.05, 4.69) is 34.4 Å². The molecular weight excluding hydrogens is 828 g/mol. The lowest BCUT2D eigenvalue weighted by atomic mass is 9.89. The molecule has 16 heteroatoms. The maximum atomic E-state index is 15.8. The standard InChI is InChI=1S/C47H59FN6O8S/c1-32(2)45-50-38(30-63-45)46(58)54-22-25-62-47(31-54)15-19-52(20-16-47)28-36-8-5-7-34(42(36)48)13-23-60-24-14-41(57)53(27-33-6-4-9-37(26-33)59-3)21-18-49-17-12-35-10-11-39(55)43-44(35)61-29-40(56)51-43/h4-11,26,30,32,49,55H,12-25,27-29,31H2,1-3H3,(H,51,56). The van der Waals surface area contributed by atoms with E-state index in [1.54, 1.807) is 24.1 Å². The number of hydrogen-bond donors (Lipinski definition) is 3. The van der Waals surface area contributed by atoms with Gasteiger partial charge in [-0.2, -0.15) is 0 Å². The summed E-state index contributed by atoms with van der Waals surface area (Å²) >= 11 is 1.53. The zero-order valence-corrected chi connectivity index (χ0v) is 37.3. The monoisotopic (exact) mass is 886 g/mol. The number of nitrogens with zero attached hydrogens (tertiary/aromatic N) is 4. The number of carbonyl (C=O) groups is 3. The van der Waals surface area contributed by atoms with Crippen molar-refractivity contribution in [3.8, 4) is 17.2 Å². The summed E-state index contributed by atoms with van der Waals surface area (Å²) in [6, 6.07) is 16.5. The Labute approximate surface area is 372 Å². The topological polar surface area (TPSA) is 155 Å². The van der Waals surface area contributed by atoms with Crippen LogP contribution in [0.1, 0.15) is 76.8 Å². The number of benzene rings is 3. The Morgan fingerprint density at radius 1 is 1.05 bits per heavy atom. The number of phenolic OH excluding ortho intramolecular Hbond substituents is 1. The molecule has 4 heterocycles. The van der Waals surface area contributed by atoms with Gasteiger partial charge in [-0.15, -0.1) is 11.3 Å². The van der Waals surface area contributed by atoms with Crippen molar-refractivity contribution in [2.75, 3.05) is 84.7 Å². The van der Waals surface area contributed by atoms with Crippen LogP contribution < -0.4 is 20.1 Å². The number of thiazole rings is 1. The van der Waals surface area contributed by atoms with Crippen molar-refractivity contribution in [3.63, 3.8) is 0 Å². The second kappa shape index (κ2) is 21.5. The molecule has 3 amide bonds. The van der Waals surface area contributed by atoms with E-state index in [1.807, 2.05) is 46.7 Å². The number of nitrogens with one attached hydrogen (secondary N) is 2. The minimum absolute atomic E-state index is 0.0396. The quantitative estimate of drug-likeness (QED) is 0.0777. The van der Waals surface area contributed by atoms with Crippen LogP contribution in [0.2, 0.25) is 0 Å². The molecule has 0 atom stereocenters. The van der Waals surface area contributed by atoms with Gasteiger partial charge in [0.15, 0.2) is 12.4 Å². The molecule has 3 N–H and O–H groups in total. The van der Waals surface area contributed by atoms with Crippen molar-refractivity contribution in [2.24, 2.45) is 0 Å². The number of ether oxygens (including phenoxy) is 4. The maximum Gasteiger partial charge on any atom is 0.273 e. The van der Waals surface area contributed by atoms with Gasteiger partial charge in [0.25, 0.3) is 11.8 Å². The molecule has 0 saturated carbocycles. The lowest BCUT2D eigenvalue weighted by Gasteiger charge is -2.47. The Hall–Kier alpha value is -5.13. The fourth-order valence-electron chi connectivity index (χ4n) is 8.30. The molecule has 0 aliphatic carbocycles. The molecule has 3 aliphatic heterocycles. The number of methoxy groups -OCH3 is 1. The number of hydrogen-bond acceptors (Lipinski definition) is 12. The number of morpholine rings is 1. The molecule has 14 nitrogen and oxygen atoms in total. The van der Waals surface area contributed by atoms with Gasteiger partial charge in [-0.1, -0.05) is 50.2 Å². The van der Waals surface area contributed by atoms with Crippen molar-refractivity contribution in [3.05, 3.63) is 98.7 Å². The SMILES string of the molecule is COc1cccc(CN(CCNCCc2ccc(O)c3c2OCC(=O)N3)C(=O)CCOCCc2cccc(CN3CCC4(CC3)CN(C(=O)c3csc(C(C)C)n3)CCO4)c2F)c1. The molecule has 3 aliphatic rings. The van der Waals surface area contributed by atoms with E-state index < -0.39 is 5.60 Å². The molecule has 0 radical (unpaired) electrons. The van der Waals surface area contributed by atoms with Crippen molar-refractivity contribution >= 4 is 34.7 Å². The number of halogens is 1. The summed E-state index contributed by atoms with van der Waals surface area (Å²) in [6.07, 6.45) is 2.66. The molecule has 1 spiro atoms. The van der Waals surface area contributed by atoms with Crippen LogP contribution >= 0.6 is 11.3 Å². The van der Waals surface area contributed by atoms with Crippen LogP contribution in [0.3, 0.4) is 0 Å². The predicted octanol–water partition coefficient (Wildman–Crippen LogP) is 5.77. The fraction of sp³-hybridized carbons (Fsp3) is 0.489. The number of aromatic hydroxyl groups is 1. The summed E-state index contributed by atoms with van der Waals surface area (Å²) in [5, 5.41) is 19.1. The number of amides is 3.